The van der Waals surface area contributed by atoms with E-state index in [9.17, 15) is 0 Å². The van der Waals surface area contributed by atoms with Crippen molar-refractivity contribution in [1.82, 2.24) is 10.6 Å². The van der Waals surface area contributed by atoms with Gasteiger partial charge in [0.1, 0.15) is 5.75 Å². The van der Waals surface area contributed by atoms with Crippen molar-refractivity contribution in [3.05, 3.63) is 65.7 Å². The smallest absolute Gasteiger partial charge is 0.191 e. The molecule has 0 aromatic heterocycles. The molecule has 0 spiro atoms. The van der Waals surface area contributed by atoms with Gasteiger partial charge in [0.15, 0.2) is 5.96 Å². The average Bonchev–Trinajstić information content (AvgIpc) is 3.39. The number of nitrogens with one attached hydrogen (secondary N) is 2. The van der Waals surface area contributed by atoms with Crippen LogP contribution in [-0.4, -0.2) is 26.2 Å². The highest BCUT2D eigenvalue weighted by molar-refractivity contribution is 14.0. The van der Waals surface area contributed by atoms with Gasteiger partial charge in [0, 0.05) is 25.6 Å². The second-order valence-electron chi connectivity index (χ2n) is 5.78. The predicted molar refractivity (Wildman–Crippen MR) is 109 cm³/mol. The molecule has 2 aromatic rings. The molecule has 2 unspecified atom stereocenters. The van der Waals surface area contributed by atoms with Gasteiger partial charge < -0.3 is 15.4 Å². The standard InChI is InChI=1S/C19H23N3O.HI/c1-20-19(21-13-14-8-10-16(23-2)11-9-14)22-18-12-17(18)15-6-4-3-5-7-15;/h3-11,17-18H,12-13H2,1-2H3,(H2,20,21,22);1H. The van der Waals surface area contributed by atoms with Crippen molar-refractivity contribution in [2.75, 3.05) is 14.2 Å². The van der Waals surface area contributed by atoms with E-state index in [4.69, 9.17) is 4.74 Å². The molecular weight excluding hydrogens is 413 g/mol. The van der Waals surface area contributed by atoms with Crippen LogP contribution in [0.5, 0.6) is 5.75 Å². The van der Waals surface area contributed by atoms with Gasteiger partial charge in [-0.25, -0.2) is 0 Å². The van der Waals surface area contributed by atoms with Gasteiger partial charge in [-0.05, 0) is 29.7 Å². The van der Waals surface area contributed by atoms with E-state index < -0.39 is 0 Å². The van der Waals surface area contributed by atoms with E-state index in [2.05, 4.69) is 58.1 Å². The fraction of sp³-hybridized carbons (Fsp3) is 0.316. The zero-order valence-electron chi connectivity index (χ0n) is 14.0. The molecule has 0 heterocycles. The predicted octanol–water partition coefficient (Wildman–Crippen LogP) is 3.53. The van der Waals surface area contributed by atoms with Crippen LogP contribution in [0, 0.1) is 0 Å². The van der Waals surface area contributed by atoms with Gasteiger partial charge in [0.05, 0.1) is 7.11 Å². The Labute approximate surface area is 160 Å². The first-order valence-electron chi connectivity index (χ1n) is 7.95. The Morgan fingerprint density at radius 3 is 2.46 bits per heavy atom. The third-order valence-corrected chi connectivity index (χ3v) is 4.18. The Morgan fingerprint density at radius 2 is 1.83 bits per heavy atom. The summed E-state index contributed by atoms with van der Waals surface area (Å²) in [5.74, 6) is 2.32. The Bertz CT molecular complexity index is 658. The lowest BCUT2D eigenvalue weighted by Gasteiger charge is -2.12. The molecule has 1 aliphatic rings. The molecule has 24 heavy (non-hydrogen) atoms. The van der Waals surface area contributed by atoms with E-state index in [0.717, 1.165) is 24.7 Å². The van der Waals surface area contributed by atoms with Crippen LogP contribution in [0.25, 0.3) is 0 Å². The highest BCUT2D eigenvalue weighted by Crippen LogP contribution is 2.40. The van der Waals surface area contributed by atoms with Gasteiger partial charge >= 0.3 is 0 Å². The fourth-order valence-electron chi connectivity index (χ4n) is 2.72. The lowest BCUT2D eigenvalue weighted by atomic mass is 10.1. The van der Waals surface area contributed by atoms with Gasteiger partial charge in [0.2, 0.25) is 0 Å². The molecule has 128 valence electrons. The maximum Gasteiger partial charge on any atom is 0.191 e. The van der Waals surface area contributed by atoms with E-state index >= 15 is 0 Å². The van der Waals surface area contributed by atoms with Crippen LogP contribution in [-0.2, 0) is 6.54 Å². The van der Waals surface area contributed by atoms with Crippen molar-refractivity contribution in [3.63, 3.8) is 0 Å². The number of methoxy groups -OCH3 is 1. The summed E-state index contributed by atoms with van der Waals surface area (Å²) >= 11 is 0. The van der Waals surface area contributed by atoms with Crippen molar-refractivity contribution >= 4 is 29.9 Å². The van der Waals surface area contributed by atoms with Crippen LogP contribution >= 0.6 is 24.0 Å². The maximum absolute atomic E-state index is 5.17. The Balaban J connectivity index is 0.00000208. The molecule has 2 aromatic carbocycles. The number of hydrogen-bond acceptors (Lipinski definition) is 2. The molecule has 2 atom stereocenters. The number of ether oxygens (including phenoxy) is 1. The van der Waals surface area contributed by atoms with Crippen LogP contribution in [0.1, 0.15) is 23.5 Å². The minimum atomic E-state index is 0. The molecule has 2 N–H and O–H groups in total. The number of rotatable bonds is 5. The van der Waals surface area contributed by atoms with Crippen LogP contribution in [0.4, 0.5) is 0 Å². The second kappa shape index (κ2) is 8.92. The lowest BCUT2D eigenvalue weighted by Crippen LogP contribution is -2.38. The van der Waals surface area contributed by atoms with Gasteiger partial charge in [-0.3, -0.25) is 4.99 Å². The van der Waals surface area contributed by atoms with Crippen LogP contribution < -0.4 is 15.4 Å². The van der Waals surface area contributed by atoms with E-state index in [1.807, 2.05) is 19.2 Å². The fourth-order valence-corrected chi connectivity index (χ4v) is 2.72. The quantitative estimate of drug-likeness (QED) is 0.428. The van der Waals surface area contributed by atoms with Crippen LogP contribution in [0.15, 0.2) is 59.6 Å². The van der Waals surface area contributed by atoms with Crippen LogP contribution in [0.2, 0.25) is 0 Å². The monoisotopic (exact) mass is 437 g/mol. The second-order valence-corrected chi connectivity index (χ2v) is 5.78. The summed E-state index contributed by atoms with van der Waals surface area (Å²) in [6, 6.07) is 19.2. The molecular formula is C19H24IN3O. The van der Waals surface area contributed by atoms with Crippen molar-refractivity contribution in [3.8, 4) is 5.75 Å². The first-order valence-corrected chi connectivity index (χ1v) is 7.95. The van der Waals surface area contributed by atoms with E-state index in [1.165, 1.54) is 11.1 Å². The molecule has 0 radical (unpaired) electrons. The van der Waals surface area contributed by atoms with E-state index in [-0.39, 0.29) is 24.0 Å². The first kappa shape index (κ1) is 18.6. The van der Waals surface area contributed by atoms with Gasteiger partial charge in [-0.2, -0.15) is 0 Å². The SMILES string of the molecule is CN=C(NCc1ccc(OC)cc1)NC1CC1c1ccccc1.I. The van der Waals surface area contributed by atoms with E-state index in [1.54, 1.807) is 7.11 Å². The summed E-state index contributed by atoms with van der Waals surface area (Å²) in [7, 11) is 3.49. The molecule has 5 heteroatoms. The van der Waals surface area contributed by atoms with Crippen molar-refractivity contribution in [1.29, 1.82) is 0 Å². The maximum atomic E-state index is 5.17. The number of nitrogens with zero attached hydrogens (tertiary/aromatic N) is 1. The minimum absolute atomic E-state index is 0. The molecule has 0 bridgehead atoms. The largest absolute Gasteiger partial charge is 0.497 e. The number of aliphatic imine (C=N–C) groups is 1. The molecule has 3 rings (SSSR count). The number of guanidine groups is 1. The molecule has 0 saturated heterocycles. The normalized spacial score (nSPS) is 19.2. The highest BCUT2D eigenvalue weighted by atomic mass is 127. The number of benzene rings is 2. The minimum Gasteiger partial charge on any atom is -0.497 e. The summed E-state index contributed by atoms with van der Waals surface area (Å²) < 4.78 is 5.17. The van der Waals surface area contributed by atoms with Crippen molar-refractivity contribution < 1.29 is 4.74 Å². The zero-order valence-corrected chi connectivity index (χ0v) is 16.4. The number of hydrogen-bond donors (Lipinski definition) is 2. The molecule has 0 amide bonds. The zero-order chi connectivity index (χ0) is 16.1. The van der Waals surface area contributed by atoms with Crippen LogP contribution in [0.3, 0.4) is 0 Å². The van der Waals surface area contributed by atoms with Crippen molar-refractivity contribution in [2.24, 2.45) is 4.99 Å². The first-order chi connectivity index (χ1) is 11.3. The lowest BCUT2D eigenvalue weighted by molar-refractivity contribution is 0.414. The van der Waals surface area contributed by atoms with Gasteiger partial charge in [0.25, 0.3) is 0 Å². The molecule has 1 aliphatic carbocycles. The van der Waals surface area contributed by atoms with Gasteiger partial charge in [-0.15, -0.1) is 24.0 Å². The highest BCUT2D eigenvalue weighted by Gasteiger charge is 2.38. The Kier molecular flexibility index (Phi) is 6.90. The summed E-state index contributed by atoms with van der Waals surface area (Å²) in [6.07, 6.45) is 1.16. The third kappa shape index (κ3) is 4.87. The van der Waals surface area contributed by atoms with E-state index in [0.29, 0.717) is 12.0 Å². The average molecular weight is 437 g/mol. The Hall–Kier alpha value is -1.76. The molecule has 4 nitrogen and oxygen atoms in total. The number of halogens is 1. The molecule has 0 aliphatic heterocycles. The summed E-state index contributed by atoms with van der Waals surface area (Å²) in [4.78, 5) is 4.31. The summed E-state index contributed by atoms with van der Waals surface area (Å²) in [5.41, 5.74) is 2.60. The van der Waals surface area contributed by atoms with Gasteiger partial charge in [-0.1, -0.05) is 42.5 Å². The molecule has 1 fully saturated rings. The topological polar surface area (TPSA) is 45.7 Å². The summed E-state index contributed by atoms with van der Waals surface area (Å²) in [6.45, 7) is 0.742. The third-order valence-electron chi connectivity index (χ3n) is 4.18. The summed E-state index contributed by atoms with van der Waals surface area (Å²) in [5, 5.41) is 6.86. The van der Waals surface area contributed by atoms with Crippen molar-refractivity contribution in [2.45, 2.75) is 24.9 Å². The Morgan fingerprint density at radius 1 is 1.12 bits per heavy atom. The molecule has 1 saturated carbocycles.